The van der Waals surface area contributed by atoms with Crippen LogP contribution in [-0.2, 0) is 11.3 Å². The van der Waals surface area contributed by atoms with Gasteiger partial charge >= 0.3 is 0 Å². The van der Waals surface area contributed by atoms with Crippen LogP contribution in [0.2, 0.25) is 0 Å². The molecule has 0 unspecified atom stereocenters. The minimum Gasteiger partial charge on any atom is -0.392 e. The lowest BCUT2D eigenvalue weighted by atomic mass is 10.2. The number of hydrogen-bond acceptors (Lipinski definition) is 4. The molecule has 0 saturated carbocycles. The number of rotatable bonds is 5. The van der Waals surface area contributed by atoms with Crippen LogP contribution in [0, 0.1) is 6.92 Å². The highest BCUT2D eigenvalue weighted by Gasteiger charge is 2.23. The van der Waals surface area contributed by atoms with Crippen molar-refractivity contribution in [1.82, 2.24) is 19.4 Å². The molecule has 1 aliphatic heterocycles. The number of aromatic nitrogens is 2. The smallest absolute Gasteiger partial charge is 0.242 e. The third-order valence-corrected chi connectivity index (χ3v) is 4.80. The van der Waals surface area contributed by atoms with Crippen molar-refractivity contribution >= 4 is 16.9 Å². The molecule has 1 N–H and O–H groups in total. The molecule has 1 aromatic carbocycles. The van der Waals surface area contributed by atoms with E-state index in [1.165, 1.54) is 0 Å². The van der Waals surface area contributed by atoms with E-state index in [1.54, 1.807) is 0 Å². The van der Waals surface area contributed by atoms with Crippen molar-refractivity contribution in [3.8, 4) is 0 Å². The number of amides is 1. The Morgan fingerprint density at radius 2 is 1.96 bits per heavy atom. The van der Waals surface area contributed by atoms with E-state index in [0.29, 0.717) is 13.1 Å². The first-order chi connectivity index (χ1) is 11.6. The summed E-state index contributed by atoms with van der Waals surface area (Å²) in [5, 5.41) is 9.76. The number of aliphatic hydroxyl groups is 1. The van der Waals surface area contributed by atoms with Gasteiger partial charge in [-0.25, -0.2) is 4.98 Å². The number of aliphatic hydroxyl groups excluding tert-OH is 1. The highest BCUT2D eigenvalue weighted by atomic mass is 16.3. The van der Waals surface area contributed by atoms with Crippen LogP contribution in [0.25, 0.3) is 11.0 Å². The van der Waals surface area contributed by atoms with Crippen LogP contribution in [0.15, 0.2) is 24.3 Å². The van der Waals surface area contributed by atoms with Crippen molar-refractivity contribution in [1.29, 1.82) is 0 Å². The molecule has 1 atom stereocenters. The number of carbonyl (C=O) groups is 1. The van der Waals surface area contributed by atoms with Gasteiger partial charge in [0.1, 0.15) is 12.4 Å². The molecule has 130 valence electrons. The summed E-state index contributed by atoms with van der Waals surface area (Å²) >= 11 is 0. The van der Waals surface area contributed by atoms with Crippen molar-refractivity contribution in [2.75, 3.05) is 32.7 Å². The zero-order valence-corrected chi connectivity index (χ0v) is 14.5. The fourth-order valence-corrected chi connectivity index (χ4v) is 3.24. The number of piperazine rings is 1. The molecule has 2 heterocycles. The monoisotopic (exact) mass is 330 g/mol. The van der Waals surface area contributed by atoms with Gasteiger partial charge in [-0.1, -0.05) is 19.1 Å². The van der Waals surface area contributed by atoms with Crippen molar-refractivity contribution in [2.45, 2.75) is 32.9 Å². The Bertz CT molecular complexity index is 704. The first-order valence-electron chi connectivity index (χ1n) is 8.68. The molecule has 2 aromatic rings. The molecule has 24 heavy (non-hydrogen) atoms. The Morgan fingerprint density at radius 3 is 2.67 bits per heavy atom. The van der Waals surface area contributed by atoms with Gasteiger partial charge < -0.3 is 14.6 Å². The molecule has 1 aliphatic rings. The Labute approximate surface area is 142 Å². The highest BCUT2D eigenvalue weighted by Crippen LogP contribution is 2.16. The largest absolute Gasteiger partial charge is 0.392 e. The zero-order chi connectivity index (χ0) is 17.1. The molecule has 3 rings (SSSR count). The average Bonchev–Trinajstić information content (AvgIpc) is 2.91. The predicted molar refractivity (Wildman–Crippen MR) is 93.8 cm³/mol. The molecule has 0 radical (unpaired) electrons. The Kier molecular flexibility index (Phi) is 5.16. The van der Waals surface area contributed by atoms with E-state index >= 15 is 0 Å². The van der Waals surface area contributed by atoms with E-state index in [2.05, 4.69) is 9.88 Å². The second-order valence-electron chi connectivity index (χ2n) is 6.48. The predicted octanol–water partition coefficient (Wildman–Crippen LogP) is 1.26. The Balaban J connectivity index is 1.61. The third kappa shape index (κ3) is 3.60. The lowest BCUT2D eigenvalue weighted by molar-refractivity contribution is -0.133. The van der Waals surface area contributed by atoms with Crippen LogP contribution in [0.4, 0.5) is 0 Å². The van der Waals surface area contributed by atoms with Crippen LogP contribution in [0.1, 0.15) is 19.2 Å². The van der Waals surface area contributed by atoms with E-state index in [-0.39, 0.29) is 12.0 Å². The van der Waals surface area contributed by atoms with Gasteiger partial charge in [0, 0.05) is 32.7 Å². The quantitative estimate of drug-likeness (QED) is 0.897. The molecule has 1 fully saturated rings. The lowest BCUT2D eigenvalue weighted by Gasteiger charge is -2.35. The number of β-amino-alcohol motifs (C(OH)–C–C–N with tert-alkyl or cyclic N) is 1. The first kappa shape index (κ1) is 16.9. The van der Waals surface area contributed by atoms with Gasteiger partial charge in [0.25, 0.3) is 0 Å². The number of imidazole rings is 1. The summed E-state index contributed by atoms with van der Waals surface area (Å²) in [6.45, 7) is 8.06. The maximum atomic E-state index is 12.7. The fourth-order valence-electron chi connectivity index (χ4n) is 3.24. The van der Waals surface area contributed by atoms with E-state index in [0.717, 1.165) is 49.5 Å². The normalized spacial score (nSPS) is 17.4. The summed E-state index contributed by atoms with van der Waals surface area (Å²) in [5.74, 6) is 1.01. The minimum atomic E-state index is -0.271. The van der Waals surface area contributed by atoms with Crippen LogP contribution < -0.4 is 0 Å². The molecule has 1 aromatic heterocycles. The van der Waals surface area contributed by atoms with Crippen molar-refractivity contribution in [3.63, 3.8) is 0 Å². The Hall–Kier alpha value is -1.92. The molecule has 0 aliphatic carbocycles. The topological polar surface area (TPSA) is 61.6 Å². The van der Waals surface area contributed by atoms with Crippen molar-refractivity contribution in [3.05, 3.63) is 30.1 Å². The molecular weight excluding hydrogens is 304 g/mol. The third-order valence-electron chi connectivity index (χ3n) is 4.80. The molecular formula is C18H26N4O2. The van der Waals surface area contributed by atoms with Crippen molar-refractivity contribution in [2.24, 2.45) is 0 Å². The lowest BCUT2D eigenvalue weighted by Crippen LogP contribution is -2.51. The van der Waals surface area contributed by atoms with Crippen LogP contribution in [0.3, 0.4) is 0 Å². The second kappa shape index (κ2) is 7.32. The number of para-hydroxylation sites is 2. The Morgan fingerprint density at radius 1 is 1.25 bits per heavy atom. The molecule has 0 spiro atoms. The van der Waals surface area contributed by atoms with E-state index in [9.17, 15) is 9.90 Å². The summed E-state index contributed by atoms with van der Waals surface area (Å²) in [7, 11) is 0. The summed E-state index contributed by atoms with van der Waals surface area (Å²) < 4.78 is 1.99. The first-order valence-corrected chi connectivity index (χ1v) is 8.68. The maximum Gasteiger partial charge on any atom is 0.242 e. The maximum absolute atomic E-state index is 12.7. The molecule has 0 bridgehead atoms. The minimum absolute atomic E-state index is 0.136. The van der Waals surface area contributed by atoms with Gasteiger partial charge in [0.2, 0.25) is 5.91 Å². The fraction of sp³-hybridized carbons (Fsp3) is 0.556. The second-order valence-corrected chi connectivity index (χ2v) is 6.48. The number of nitrogens with zero attached hydrogens (tertiary/aromatic N) is 4. The van der Waals surface area contributed by atoms with Gasteiger partial charge in [0.05, 0.1) is 17.1 Å². The standard InChI is InChI=1S/C18H26N4O2/c1-3-15(23)12-20-8-10-21(11-9-20)18(24)13-22-14(2)19-16-6-4-5-7-17(16)22/h4-7,15,23H,3,8-13H2,1-2H3/t15-/m1/s1. The molecule has 1 amide bonds. The SMILES string of the molecule is CC[C@@H](O)CN1CCN(C(=O)Cn2c(C)nc3ccccc32)CC1. The number of aryl methyl sites for hydroxylation is 1. The highest BCUT2D eigenvalue weighted by molar-refractivity contribution is 5.81. The number of benzene rings is 1. The van der Waals surface area contributed by atoms with Gasteiger partial charge in [0.15, 0.2) is 0 Å². The van der Waals surface area contributed by atoms with Gasteiger partial charge in [-0.15, -0.1) is 0 Å². The van der Waals surface area contributed by atoms with E-state index < -0.39 is 0 Å². The number of hydrogen-bond donors (Lipinski definition) is 1. The molecule has 6 heteroatoms. The van der Waals surface area contributed by atoms with Gasteiger partial charge in [-0.3, -0.25) is 9.69 Å². The van der Waals surface area contributed by atoms with E-state index in [4.69, 9.17) is 0 Å². The van der Waals surface area contributed by atoms with Gasteiger partial charge in [-0.2, -0.15) is 0 Å². The molecule has 6 nitrogen and oxygen atoms in total. The van der Waals surface area contributed by atoms with Gasteiger partial charge in [-0.05, 0) is 25.5 Å². The number of fused-ring (bicyclic) bond motifs is 1. The van der Waals surface area contributed by atoms with Crippen molar-refractivity contribution < 1.29 is 9.90 Å². The van der Waals surface area contributed by atoms with E-state index in [1.807, 2.05) is 47.6 Å². The summed E-state index contributed by atoms with van der Waals surface area (Å²) in [6.07, 6.45) is 0.499. The number of carbonyl (C=O) groups excluding carboxylic acids is 1. The summed E-state index contributed by atoms with van der Waals surface area (Å²) in [6, 6.07) is 7.92. The average molecular weight is 330 g/mol. The van der Waals surface area contributed by atoms with Crippen LogP contribution >= 0.6 is 0 Å². The zero-order valence-electron chi connectivity index (χ0n) is 14.5. The molecule has 1 saturated heterocycles. The van der Waals surface area contributed by atoms with Crippen LogP contribution in [-0.4, -0.2) is 69.2 Å². The van der Waals surface area contributed by atoms with Crippen LogP contribution in [0.5, 0.6) is 0 Å². The summed E-state index contributed by atoms with van der Waals surface area (Å²) in [5.41, 5.74) is 1.94. The summed E-state index contributed by atoms with van der Waals surface area (Å²) in [4.78, 5) is 21.3.